The van der Waals surface area contributed by atoms with Gasteiger partial charge in [-0.05, 0) is 92.2 Å². The van der Waals surface area contributed by atoms with Crippen molar-refractivity contribution >= 4 is 39.4 Å². The minimum absolute atomic E-state index is 0.0643. The highest BCUT2D eigenvalue weighted by Crippen LogP contribution is 2.66. The molecule has 5 atom stereocenters. The van der Waals surface area contributed by atoms with Crippen LogP contribution in [0.15, 0.2) is 53.0 Å². The normalized spacial score (nSPS) is 31.9. The number of rotatable bonds is 6. The lowest BCUT2D eigenvalue weighted by molar-refractivity contribution is -0.145. The van der Waals surface area contributed by atoms with Gasteiger partial charge >= 0.3 is 0 Å². The monoisotopic (exact) mass is 619 g/mol. The number of hydrogen-bond acceptors (Lipinski definition) is 5. The van der Waals surface area contributed by atoms with Gasteiger partial charge in [0.15, 0.2) is 5.78 Å². The van der Waals surface area contributed by atoms with Crippen molar-refractivity contribution in [2.24, 2.45) is 23.2 Å². The van der Waals surface area contributed by atoms with E-state index in [9.17, 15) is 24.3 Å². The number of phenols is 1. The van der Waals surface area contributed by atoms with Crippen LogP contribution >= 0.6 is 15.9 Å². The molecule has 2 heterocycles. The maximum atomic E-state index is 14.1. The zero-order valence-corrected chi connectivity index (χ0v) is 24.4. The van der Waals surface area contributed by atoms with Crippen LogP contribution in [0.4, 0.5) is 0 Å². The van der Waals surface area contributed by atoms with E-state index < -0.39 is 12.1 Å². The number of aromatic hydroxyl groups is 1. The molecule has 4 aliphatic carbocycles. The van der Waals surface area contributed by atoms with Gasteiger partial charge in [0, 0.05) is 23.0 Å². The van der Waals surface area contributed by atoms with Gasteiger partial charge in [-0.3, -0.25) is 19.2 Å². The Labute approximate surface area is 247 Å². The van der Waals surface area contributed by atoms with Crippen molar-refractivity contribution in [1.82, 2.24) is 15.1 Å². The van der Waals surface area contributed by atoms with Crippen molar-refractivity contribution in [3.8, 4) is 5.75 Å². The fraction of sp³-hybridized carbons (Fsp3) is 0.500. The quantitative estimate of drug-likeness (QED) is 0.513. The van der Waals surface area contributed by atoms with Gasteiger partial charge in [-0.25, -0.2) is 0 Å². The van der Waals surface area contributed by atoms with Crippen LogP contribution in [0, 0.1) is 23.2 Å². The molecule has 0 spiro atoms. The topological polar surface area (TPSA) is 107 Å². The molecular formula is C32H34BrN3O5. The number of halogens is 1. The number of carbonyl (C=O) groups excluding carboxylic acids is 4. The predicted molar refractivity (Wildman–Crippen MR) is 154 cm³/mol. The molecule has 2 N–H and O–H groups in total. The third-order valence-electron chi connectivity index (χ3n) is 10.4. The molecule has 8 nitrogen and oxygen atoms in total. The van der Waals surface area contributed by atoms with Crippen LogP contribution in [0.2, 0.25) is 0 Å². The zero-order valence-electron chi connectivity index (χ0n) is 22.8. The van der Waals surface area contributed by atoms with E-state index in [1.165, 1.54) is 6.42 Å². The summed E-state index contributed by atoms with van der Waals surface area (Å²) in [7, 11) is 0. The summed E-state index contributed by atoms with van der Waals surface area (Å²) in [6.45, 7) is 0.430. The molecule has 0 radical (unpaired) electrons. The third-order valence-corrected chi connectivity index (χ3v) is 10.9. The highest BCUT2D eigenvalue weighted by molar-refractivity contribution is 9.10. The second kappa shape index (κ2) is 9.96. The largest absolute Gasteiger partial charge is 0.508 e. The minimum Gasteiger partial charge on any atom is -0.508 e. The van der Waals surface area contributed by atoms with E-state index in [1.54, 1.807) is 47.4 Å². The summed E-state index contributed by atoms with van der Waals surface area (Å²) in [6.07, 6.45) is 6.19. The van der Waals surface area contributed by atoms with Gasteiger partial charge < -0.3 is 20.2 Å². The zero-order chi connectivity index (χ0) is 28.5. The molecule has 2 saturated heterocycles. The molecule has 4 saturated carbocycles. The lowest BCUT2D eigenvalue weighted by Crippen LogP contribution is -2.53. The average Bonchev–Trinajstić information content (AvgIpc) is 3.66. The van der Waals surface area contributed by atoms with Gasteiger partial charge in [0.05, 0.1) is 18.0 Å². The molecule has 41 heavy (non-hydrogen) atoms. The number of Topliss-reactive ketones (excluding diaryl/α,β-unsaturated/α-hetero) is 1. The maximum absolute atomic E-state index is 14.1. The number of hydrogen-bond donors (Lipinski definition) is 2. The molecule has 8 rings (SSSR count). The van der Waals surface area contributed by atoms with E-state index in [0.29, 0.717) is 36.3 Å². The van der Waals surface area contributed by atoms with Crippen LogP contribution in [0.5, 0.6) is 5.75 Å². The van der Waals surface area contributed by atoms with Gasteiger partial charge in [0.1, 0.15) is 17.8 Å². The summed E-state index contributed by atoms with van der Waals surface area (Å²) < 4.78 is 0.749. The Morgan fingerprint density at radius 1 is 1.02 bits per heavy atom. The first kappa shape index (κ1) is 26.7. The van der Waals surface area contributed by atoms with E-state index >= 15 is 0 Å². The molecule has 2 aromatic rings. The fourth-order valence-electron chi connectivity index (χ4n) is 8.91. The maximum Gasteiger partial charge on any atom is 0.251 e. The SMILES string of the molecule is O=C(N[C@@H](Cc1ccc(O)cc1)C(=O)N1CC[C@@H]2[C@H]1C(=O)CN2C(=O)C12CC3CC(CC1C3)C2)c1cccc(Br)c1. The van der Waals surface area contributed by atoms with Crippen LogP contribution in [0.25, 0.3) is 0 Å². The number of likely N-dealkylation sites (tertiary alicyclic amines) is 2. The van der Waals surface area contributed by atoms with Crippen molar-refractivity contribution in [1.29, 1.82) is 0 Å². The van der Waals surface area contributed by atoms with E-state index in [1.807, 2.05) is 11.0 Å². The van der Waals surface area contributed by atoms with Crippen LogP contribution in [-0.2, 0) is 20.8 Å². The van der Waals surface area contributed by atoms with Crippen molar-refractivity contribution in [3.05, 3.63) is 64.1 Å². The second-order valence-electron chi connectivity index (χ2n) is 12.8. The highest BCUT2D eigenvalue weighted by Gasteiger charge is 2.64. The summed E-state index contributed by atoms with van der Waals surface area (Å²) in [5, 5.41) is 12.6. The molecule has 2 unspecified atom stereocenters. The lowest BCUT2D eigenvalue weighted by atomic mass is 9.74. The average molecular weight is 621 g/mol. The van der Waals surface area contributed by atoms with Crippen LogP contribution in [0.1, 0.15) is 54.4 Å². The summed E-state index contributed by atoms with van der Waals surface area (Å²) in [5.74, 6) is 1.17. The first-order valence-corrected chi connectivity index (χ1v) is 15.5. The van der Waals surface area contributed by atoms with Gasteiger partial charge in [0.2, 0.25) is 11.8 Å². The van der Waals surface area contributed by atoms with Crippen molar-refractivity contribution in [2.75, 3.05) is 13.1 Å². The van der Waals surface area contributed by atoms with Crippen LogP contribution < -0.4 is 5.32 Å². The lowest BCUT2D eigenvalue weighted by Gasteiger charge is -2.37. The summed E-state index contributed by atoms with van der Waals surface area (Å²) in [5.41, 5.74) is 0.877. The first-order chi connectivity index (χ1) is 19.7. The number of carbonyl (C=O) groups is 4. The van der Waals surface area contributed by atoms with Gasteiger partial charge in [-0.15, -0.1) is 0 Å². The number of phenolic OH excluding ortho intramolecular Hbond substituents is 1. The number of benzene rings is 2. The molecule has 6 fully saturated rings. The van der Waals surface area contributed by atoms with Gasteiger partial charge in [0.25, 0.3) is 5.91 Å². The molecule has 0 aromatic heterocycles. The van der Waals surface area contributed by atoms with E-state index in [0.717, 1.165) is 35.7 Å². The molecule has 4 bridgehead atoms. The Morgan fingerprint density at radius 2 is 1.76 bits per heavy atom. The van der Waals surface area contributed by atoms with Crippen LogP contribution in [0.3, 0.4) is 0 Å². The Morgan fingerprint density at radius 3 is 2.46 bits per heavy atom. The Bertz CT molecular complexity index is 1410. The van der Waals surface area contributed by atoms with Crippen molar-refractivity contribution < 1.29 is 24.3 Å². The van der Waals surface area contributed by atoms with Crippen molar-refractivity contribution in [2.45, 2.75) is 63.1 Å². The van der Waals surface area contributed by atoms with Crippen LogP contribution in [-0.4, -0.2) is 69.6 Å². The fourth-order valence-corrected chi connectivity index (χ4v) is 9.31. The number of fused-ring (bicyclic) bond motifs is 1. The summed E-state index contributed by atoms with van der Waals surface area (Å²) in [4.78, 5) is 58.3. The van der Waals surface area contributed by atoms with E-state index in [-0.39, 0.29) is 53.7 Å². The number of nitrogens with zero attached hydrogens (tertiary/aromatic N) is 2. The molecular weight excluding hydrogens is 586 g/mol. The minimum atomic E-state index is -0.915. The summed E-state index contributed by atoms with van der Waals surface area (Å²) >= 11 is 3.39. The number of amides is 3. The number of nitrogens with one attached hydrogen (secondary N) is 1. The second-order valence-corrected chi connectivity index (χ2v) is 13.8. The van der Waals surface area contributed by atoms with Gasteiger partial charge in [-0.1, -0.05) is 34.1 Å². The molecule has 6 aliphatic rings. The Balaban J connectivity index is 1.12. The molecule has 9 heteroatoms. The molecule has 214 valence electrons. The third kappa shape index (κ3) is 4.47. The Hall–Kier alpha value is -3.20. The van der Waals surface area contributed by atoms with E-state index in [4.69, 9.17) is 0 Å². The molecule has 2 aromatic carbocycles. The standard InChI is InChI=1S/C32H34BrN3O5/c33-23-3-1-2-21(14-23)29(39)34-25(13-18-4-6-24(37)7-5-18)30(40)35-9-8-26-28(35)27(38)17-36(26)31(41)32-15-19-10-20(16-32)12-22(32)11-19/h1-7,14,19-20,22,25-26,28,37H,8-13,15-17H2,(H,34,39)/t19?,20?,22?,25-,26+,28-,32?/m0/s1. The summed E-state index contributed by atoms with van der Waals surface area (Å²) in [6, 6.07) is 11.6. The van der Waals surface area contributed by atoms with Crippen molar-refractivity contribution in [3.63, 3.8) is 0 Å². The van der Waals surface area contributed by atoms with E-state index in [2.05, 4.69) is 21.2 Å². The predicted octanol–water partition coefficient (Wildman–Crippen LogP) is 3.70. The molecule has 2 aliphatic heterocycles. The van der Waals surface area contributed by atoms with Gasteiger partial charge in [-0.2, -0.15) is 0 Å². The number of ketones is 1. The molecule has 3 amide bonds. The first-order valence-electron chi connectivity index (χ1n) is 14.7. The highest BCUT2D eigenvalue weighted by atomic mass is 79.9. The smallest absolute Gasteiger partial charge is 0.251 e. The Kier molecular flexibility index (Phi) is 6.48.